The summed E-state index contributed by atoms with van der Waals surface area (Å²) in [7, 11) is 0. The van der Waals surface area contributed by atoms with Crippen molar-refractivity contribution in [1.29, 1.82) is 0 Å². The molecule has 2 aromatic rings. The van der Waals surface area contributed by atoms with Crippen molar-refractivity contribution in [2.75, 3.05) is 0 Å². The number of hydrogen-bond acceptors (Lipinski definition) is 4. The van der Waals surface area contributed by atoms with Crippen molar-refractivity contribution in [3.63, 3.8) is 0 Å². The highest BCUT2D eigenvalue weighted by atomic mass is 19.1. The predicted octanol–water partition coefficient (Wildman–Crippen LogP) is 3.12. The van der Waals surface area contributed by atoms with Gasteiger partial charge in [-0.15, -0.1) is 0 Å². The van der Waals surface area contributed by atoms with Gasteiger partial charge in [-0.1, -0.05) is 0 Å². The van der Waals surface area contributed by atoms with E-state index in [1.807, 2.05) is 0 Å². The molecule has 20 heavy (non-hydrogen) atoms. The molecule has 0 spiro atoms. The molecule has 0 aliphatic carbocycles. The second kappa shape index (κ2) is 5.62. The minimum atomic E-state index is -0.760. The molecule has 7 heteroatoms. The van der Waals surface area contributed by atoms with Gasteiger partial charge in [0.15, 0.2) is 0 Å². The van der Waals surface area contributed by atoms with Crippen molar-refractivity contribution < 1.29 is 18.4 Å². The summed E-state index contributed by atoms with van der Waals surface area (Å²) in [5.74, 6) is -1.20. The summed E-state index contributed by atoms with van der Waals surface area (Å²) >= 11 is 0. The Morgan fingerprint density at radius 3 is 2.30 bits per heavy atom. The SMILES string of the molecule is NCc1cc(F)ccc1Oc1ccc(F)cc1[N+](=O)[O-]. The molecule has 0 saturated heterocycles. The molecule has 0 aromatic heterocycles. The maximum atomic E-state index is 13.1. The molecule has 2 rings (SSSR count). The zero-order valence-electron chi connectivity index (χ0n) is 10.2. The van der Waals surface area contributed by atoms with Gasteiger partial charge in [-0.3, -0.25) is 10.1 Å². The Balaban J connectivity index is 2.42. The third-order valence-electron chi connectivity index (χ3n) is 2.58. The lowest BCUT2D eigenvalue weighted by molar-refractivity contribution is -0.385. The summed E-state index contributed by atoms with van der Waals surface area (Å²) in [4.78, 5) is 10.1. The molecular weight excluding hydrogens is 270 g/mol. The quantitative estimate of drug-likeness (QED) is 0.689. The first kappa shape index (κ1) is 13.9. The van der Waals surface area contributed by atoms with E-state index in [2.05, 4.69) is 0 Å². The zero-order chi connectivity index (χ0) is 14.7. The summed E-state index contributed by atoms with van der Waals surface area (Å²) in [6, 6.07) is 6.55. The normalized spacial score (nSPS) is 10.3. The summed E-state index contributed by atoms with van der Waals surface area (Å²) in [5.41, 5.74) is 5.29. The van der Waals surface area contributed by atoms with E-state index in [1.165, 1.54) is 12.1 Å². The van der Waals surface area contributed by atoms with Crippen molar-refractivity contribution in [2.45, 2.75) is 6.54 Å². The van der Waals surface area contributed by atoms with Gasteiger partial charge in [0.25, 0.3) is 0 Å². The van der Waals surface area contributed by atoms with Gasteiger partial charge in [0.1, 0.15) is 17.4 Å². The van der Waals surface area contributed by atoms with Crippen LogP contribution in [-0.2, 0) is 6.54 Å². The van der Waals surface area contributed by atoms with Gasteiger partial charge in [-0.2, -0.15) is 0 Å². The van der Waals surface area contributed by atoms with Crippen LogP contribution in [0.25, 0.3) is 0 Å². The number of ether oxygens (including phenoxy) is 1. The van der Waals surface area contributed by atoms with Crippen LogP contribution >= 0.6 is 0 Å². The first-order valence-corrected chi connectivity index (χ1v) is 5.61. The van der Waals surface area contributed by atoms with E-state index in [9.17, 15) is 18.9 Å². The molecule has 0 aliphatic rings. The summed E-state index contributed by atoms with van der Waals surface area (Å²) in [6.07, 6.45) is 0. The third kappa shape index (κ3) is 2.89. The molecule has 0 fully saturated rings. The second-order valence-corrected chi connectivity index (χ2v) is 3.93. The fourth-order valence-electron chi connectivity index (χ4n) is 1.65. The number of nitro groups is 1. The largest absolute Gasteiger partial charge is 0.450 e. The second-order valence-electron chi connectivity index (χ2n) is 3.93. The molecule has 104 valence electrons. The smallest absolute Gasteiger partial charge is 0.314 e. The highest BCUT2D eigenvalue weighted by molar-refractivity contribution is 5.49. The van der Waals surface area contributed by atoms with Crippen molar-refractivity contribution in [2.24, 2.45) is 5.73 Å². The minimum Gasteiger partial charge on any atom is -0.450 e. The molecule has 0 radical (unpaired) electrons. The lowest BCUT2D eigenvalue weighted by Crippen LogP contribution is -2.01. The first-order valence-electron chi connectivity index (χ1n) is 5.61. The van der Waals surface area contributed by atoms with Crippen LogP contribution in [0.1, 0.15) is 5.56 Å². The Labute approximate surface area is 112 Å². The Morgan fingerprint density at radius 2 is 1.70 bits per heavy atom. The van der Waals surface area contributed by atoms with Crippen molar-refractivity contribution in [1.82, 2.24) is 0 Å². The number of hydrogen-bond donors (Lipinski definition) is 1. The van der Waals surface area contributed by atoms with Crippen LogP contribution < -0.4 is 10.5 Å². The Morgan fingerprint density at radius 1 is 1.10 bits per heavy atom. The van der Waals surface area contributed by atoms with Crippen LogP contribution in [0.3, 0.4) is 0 Å². The number of rotatable bonds is 4. The average molecular weight is 280 g/mol. The van der Waals surface area contributed by atoms with Crippen LogP contribution in [0.4, 0.5) is 14.5 Å². The van der Waals surface area contributed by atoms with Gasteiger partial charge >= 0.3 is 5.69 Å². The molecule has 2 N–H and O–H groups in total. The monoisotopic (exact) mass is 280 g/mol. The topological polar surface area (TPSA) is 78.4 Å². The van der Waals surface area contributed by atoms with Crippen LogP contribution in [0.5, 0.6) is 11.5 Å². The molecular formula is C13H10F2N2O3. The number of nitrogens with zero attached hydrogens (tertiary/aromatic N) is 1. The molecule has 0 heterocycles. The number of benzene rings is 2. The highest BCUT2D eigenvalue weighted by Gasteiger charge is 2.18. The van der Waals surface area contributed by atoms with E-state index in [-0.39, 0.29) is 18.0 Å². The van der Waals surface area contributed by atoms with Gasteiger partial charge in [0, 0.05) is 12.1 Å². The van der Waals surface area contributed by atoms with Gasteiger partial charge in [0.2, 0.25) is 5.75 Å². The number of halogens is 2. The first-order chi connectivity index (χ1) is 9.51. The van der Waals surface area contributed by atoms with Gasteiger partial charge in [-0.05, 0) is 30.3 Å². The lowest BCUT2D eigenvalue weighted by Gasteiger charge is -2.10. The zero-order valence-corrected chi connectivity index (χ0v) is 10.2. The van der Waals surface area contributed by atoms with E-state index in [0.717, 1.165) is 24.3 Å². The van der Waals surface area contributed by atoms with Crippen LogP contribution in [0.2, 0.25) is 0 Å². The highest BCUT2D eigenvalue weighted by Crippen LogP contribution is 2.33. The molecule has 0 bridgehead atoms. The molecule has 0 saturated carbocycles. The summed E-state index contributed by atoms with van der Waals surface area (Å²) < 4.78 is 31.4. The molecule has 0 atom stereocenters. The van der Waals surface area contributed by atoms with Crippen molar-refractivity contribution >= 4 is 5.69 Å². The van der Waals surface area contributed by atoms with Crippen LogP contribution in [-0.4, -0.2) is 4.92 Å². The van der Waals surface area contributed by atoms with E-state index in [0.29, 0.717) is 5.56 Å². The van der Waals surface area contributed by atoms with Gasteiger partial charge in [-0.25, -0.2) is 8.78 Å². The summed E-state index contributed by atoms with van der Waals surface area (Å²) in [6.45, 7) is 0.00207. The van der Waals surface area contributed by atoms with Crippen molar-refractivity contribution in [3.05, 3.63) is 63.7 Å². The predicted molar refractivity (Wildman–Crippen MR) is 67.4 cm³/mol. The third-order valence-corrected chi connectivity index (χ3v) is 2.58. The fraction of sp³-hybridized carbons (Fsp3) is 0.0769. The van der Waals surface area contributed by atoms with Crippen LogP contribution in [0.15, 0.2) is 36.4 Å². The van der Waals surface area contributed by atoms with E-state index >= 15 is 0 Å². The average Bonchev–Trinajstić information content (AvgIpc) is 2.42. The van der Waals surface area contributed by atoms with E-state index in [4.69, 9.17) is 10.5 Å². The Hall–Kier alpha value is -2.54. The van der Waals surface area contributed by atoms with Gasteiger partial charge in [0.05, 0.1) is 11.0 Å². The maximum Gasteiger partial charge on any atom is 0.314 e. The number of nitrogens with two attached hydrogens (primary N) is 1. The lowest BCUT2D eigenvalue weighted by atomic mass is 10.2. The fourth-order valence-corrected chi connectivity index (χ4v) is 1.65. The van der Waals surface area contributed by atoms with Crippen molar-refractivity contribution in [3.8, 4) is 11.5 Å². The number of nitro benzene ring substituents is 1. The molecule has 0 unspecified atom stereocenters. The maximum absolute atomic E-state index is 13.1. The van der Waals surface area contributed by atoms with E-state index < -0.39 is 22.2 Å². The Bertz CT molecular complexity index is 662. The van der Waals surface area contributed by atoms with Crippen LogP contribution in [0, 0.1) is 21.7 Å². The summed E-state index contributed by atoms with van der Waals surface area (Å²) in [5, 5.41) is 10.8. The minimum absolute atomic E-state index is 0.00207. The molecule has 0 amide bonds. The Kier molecular flexibility index (Phi) is 3.90. The molecule has 0 aliphatic heterocycles. The standard InChI is InChI=1S/C13H10F2N2O3/c14-9-1-3-12(8(5-9)7-16)20-13-4-2-10(15)6-11(13)17(18)19/h1-6H,7,16H2. The molecule has 5 nitrogen and oxygen atoms in total. The van der Waals surface area contributed by atoms with E-state index in [1.54, 1.807) is 0 Å². The molecule has 2 aromatic carbocycles. The van der Waals surface area contributed by atoms with Gasteiger partial charge < -0.3 is 10.5 Å².